The van der Waals surface area contributed by atoms with Crippen LogP contribution in [0.1, 0.15) is 83.1 Å². The molecular formula is C28H42N2O6. The fourth-order valence-electron chi connectivity index (χ4n) is 9.03. The van der Waals surface area contributed by atoms with Crippen molar-refractivity contribution in [2.75, 3.05) is 20.2 Å². The first-order valence-electron chi connectivity index (χ1n) is 13.6. The molecular weight excluding hydrogens is 460 g/mol. The summed E-state index contributed by atoms with van der Waals surface area (Å²) in [5, 5.41) is 24.5. The van der Waals surface area contributed by atoms with Crippen LogP contribution < -0.4 is 11.4 Å². The van der Waals surface area contributed by atoms with E-state index in [2.05, 4.69) is 13.8 Å². The van der Waals surface area contributed by atoms with E-state index in [9.17, 15) is 19.8 Å². The van der Waals surface area contributed by atoms with Gasteiger partial charge in [-0.2, -0.15) is 0 Å². The lowest BCUT2D eigenvalue weighted by atomic mass is 9.41. The Balaban J connectivity index is 1.38. The number of hydrogen-bond donors (Lipinski definition) is 3. The number of amides is 1. The van der Waals surface area contributed by atoms with E-state index in [1.165, 1.54) is 6.07 Å². The van der Waals surface area contributed by atoms with Crippen molar-refractivity contribution in [2.24, 2.45) is 28.4 Å². The Morgan fingerprint density at radius 1 is 1.08 bits per heavy atom. The Labute approximate surface area is 213 Å². The van der Waals surface area contributed by atoms with Crippen molar-refractivity contribution >= 4 is 6.09 Å². The summed E-state index contributed by atoms with van der Waals surface area (Å²) < 4.78 is 10.4. The molecule has 5 rings (SSSR count). The molecule has 8 atom stereocenters. The van der Waals surface area contributed by atoms with E-state index in [1.807, 2.05) is 6.07 Å². The third-order valence-electron chi connectivity index (χ3n) is 11.3. The molecule has 8 heteroatoms. The molecule has 4 N–H and O–H groups in total. The molecule has 4 aliphatic rings. The monoisotopic (exact) mass is 502 g/mol. The smallest absolute Gasteiger partial charge is 0.409 e. The zero-order valence-corrected chi connectivity index (χ0v) is 21.9. The minimum atomic E-state index is -0.884. The van der Waals surface area contributed by atoms with Gasteiger partial charge in [-0.25, -0.2) is 9.59 Å². The predicted molar refractivity (Wildman–Crippen MR) is 134 cm³/mol. The van der Waals surface area contributed by atoms with Gasteiger partial charge in [0, 0.05) is 31.1 Å². The number of carbonyl (C=O) groups is 1. The summed E-state index contributed by atoms with van der Waals surface area (Å²) in [5.41, 5.74) is 3.80. The maximum Gasteiger partial charge on any atom is 0.409 e. The van der Waals surface area contributed by atoms with Crippen molar-refractivity contribution in [3.05, 3.63) is 34.4 Å². The Kier molecular flexibility index (Phi) is 6.32. The second-order valence-corrected chi connectivity index (χ2v) is 12.5. The molecule has 8 nitrogen and oxygen atoms in total. The molecule has 0 aliphatic heterocycles. The Morgan fingerprint density at radius 2 is 1.81 bits per heavy atom. The second kappa shape index (κ2) is 8.84. The highest BCUT2D eigenvalue weighted by molar-refractivity contribution is 5.67. The van der Waals surface area contributed by atoms with Crippen molar-refractivity contribution in [2.45, 2.75) is 94.8 Å². The third kappa shape index (κ3) is 3.58. The van der Waals surface area contributed by atoms with Gasteiger partial charge in [-0.05, 0) is 92.6 Å². The number of nitrogens with two attached hydrogens (primary N) is 1. The second-order valence-electron chi connectivity index (χ2n) is 12.5. The van der Waals surface area contributed by atoms with Crippen LogP contribution >= 0.6 is 0 Å². The molecule has 36 heavy (non-hydrogen) atoms. The summed E-state index contributed by atoms with van der Waals surface area (Å²) >= 11 is 0. The van der Waals surface area contributed by atoms with Crippen molar-refractivity contribution in [3.8, 4) is 0 Å². The zero-order valence-electron chi connectivity index (χ0n) is 21.9. The summed E-state index contributed by atoms with van der Waals surface area (Å²) in [7, 11) is 1.75. The van der Waals surface area contributed by atoms with Crippen molar-refractivity contribution < 1.29 is 24.2 Å². The molecule has 4 saturated carbocycles. The molecule has 1 heterocycles. The van der Waals surface area contributed by atoms with Crippen LogP contribution in [0.5, 0.6) is 0 Å². The molecule has 0 unspecified atom stereocenters. The van der Waals surface area contributed by atoms with Crippen LogP contribution in [0, 0.1) is 22.7 Å². The van der Waals surface area contributed by atoms with Crippen LogP contribution in [-0.4, -0.2) is 58.6 Å². The lowest BCUT2D eigenvalue weighted by Crippen LogP contribution is -2.68. The summed E-state index contributed by atoms with van der Waals surface area (Å²) in [6, 6.07) is 3.26. The topological polar surface area (TPSA) is 126 Å². The number of ether oxygens (including phenoxy) is 1. The molecule has 0 spiro atoms. The van der Waals surface area contributed by atoms with Gasteiger partial charge in [0.15, 0.2) is 0 Å². The number of aliphatic hydroxyl groups is 2. The van der Waals surface area contributed by atoms with Gasteiger partial charge >= 0.3 is 11.7 Å². The number of carbonyl (C=O) groups excluding carboxylic acids is 1. The number of fused-ring (bicyclic) bond motifs is 5. The molecule has 1 amide bonds. The van der Waals surface area contributed by atoms with Gasteiger partial charge in [0.2, 0.25) is 0 Å². The molecule has 1 aromatic rings. The van der Waals surface area contributed by atoms with Crippen LogP contribution in [-0.2, 0) is 4.74 Å². The van der Waals surface area contributed by atoms with E-state index in [4.69, 9.17) is 14.9 Å². The maximum atomic E-state index is 12.5. The van der Waals surface area contributed by atoms with E-state index in [1.54, 1.807) is 18.2 Å². The molecule has 0 radical (unpaired) electrons. The van der Waals surface area contributed by atoms with Gasteiger partial charge in [-0.3, -0.25) is 0 Å². The molecule has 4 aliphatic carbocycles. The van der Waals surface area contributed by atoms with Crippen LogP contribution in [0.15, 0.2) is 27.6 Å². The summed E-state index contributed by atoms with van der Waals surface area (Å²) in [6.45, 7) is 4.91. The highest BCUT2D eigenvalue weighted by Gasteiger charge is 2.70. The van der Waals surface area contributed by atoms with Crippen LogP contribution in [0.25, 0.3) is 0 Å². The molecule has 0 saturated heterocycles. The lowest BCUT2D eigenvalue weighted by Gasteiger charge is -2.66. The van der Waals surface area contributed by atoms with E-state index < -0.39 is 11.2 Å². The van der Waals surface area contributed by atoms with E-state index in [0.717, 1.165) is 50.5 Å². The van der Waals surface area contributed by atoms with Crippen LogP contribution in [0.4, 0.5) is 4.79 Å². The number of rotatable bonds is 4. The van der Waals surface area contributed by atoms with Crippen molar-refractivity contribution in [1.29, 1.82) is 0 Å². The SMILES string of the molecule is CN(C(=O)OCCN)[C@H]1CC[C@]2(C)[C@H]3CC[C@]4(C)[C@@H](c5ccc(=O)oc5)CC[C@]4(O)[C@@H]3CC[C@]2(O)C1. The Bertz CT molecular complexity index is 1040. The largest absolute Gasteiger partial charge is 0.448 e. The standard InChI is InChI=1S/C28H42N2O6/c1-25-10-6-19(30(3)24(32)35-15-14-29)16-27(25,33)12-8-22-21(25)7-11-26(2)20(9-13-28(22,26)34)18-4-5-23(31)36-17-18/h4-5,17,19-22,33-34H,6-16,29H2,1-3H3/t19-,20+,21-,22+,25+,26+,27-,28-/m0/s1. The minimum absolute atomic E-state index is 0.0783. The Hall–Kier alpha value is -1.90. The maximum absolute atomic E-state index is 12.5. The van der Waals surface area contributed by atoms with Gasteiger partial charge in [0.25, 0.3) is 0 Å². The first-order valence-corrected chi connectivity index (χ1v) is 13.6. The van der Waals surface area contributed by atoms with Crippen LogP contribution in [0.3, 0.4) is 0 Å². The van der Waals surface area contributed by atoms with Crippen molar-refractivity contribution in [3.63, 3.8) is 0 Å². The highest BCUT2D eigenvalue weighted by Crippen LogP contribution is 2.71. The summed E-state index contributed by atoms with van der Waals surface area (Å²) in [6.07, 6.45) is 8.14. The molecule has 200 valence electrons. The summed E-state index contributed by atoms with van der Waals surface area (Å²) in [5.74, 6) is 0.480. The van der Waals surface area contributed by atoms with E-state index >= 15 is 0 Å². The molecule has 0 aromatic carbocycles. The zero-order chi connectivity index (χ0) is 25.9. The van der Waals surface area contributed by atoms with E-state index in [-0.39, 0.29) is 59.5 Å². The Morgan fingerprint density at radius 3 is 2.50 bits per heavy atom. The quantitative estimate of drug-likeness (QED) is 0.576. The predicted octanol–water partition coefficient (Wildman–Crippen LogP) is 3.39. The molecule has 0 bridgehead atoms. The third-order valence-corrected chi connectivity index (χ3v) is 11.3. The summed E-state index contributed by atoms with van der Waals surface area (Å²) in [4.78, 5) is 25.6. The van der Waals surface area contributed by atoms with E-state index in [0.29, 0.717) is 12.8 Å². The fourth-order valence-corrected chi connectivity index (χ4v) is 9.03. The molecule has 1 aromatic heterocycles. The average Bonchev–Trinajstić information content (AvgIpc) is 3.13. The number of hydrogen-bond acceptors (Lipinski definition) is 7. The normalized spacial score (nSPS) is 43.7. The minimum Gasteiger partial charge on any atom is -0.448 e. The lowest BCUT2D eigenvalue weighted by molar-refractivity contribution is -0.249. The average molecular weight is 503 g/mol. The number of nitrogens with zero attached hydrogens (tertiary/aromatic N) is 1. The fraction of sp³-hybridized carbons (Fsp3) is 0.786. The van der Waals surface area contributed by atoms with Crippen molar-refractivity contribution in [1.82, 2.24) is 4.90 Å². The van der Waals surface area contributed by atoms with Gasteiger partial charge in [0.1, 0.15) is 6.61 Å². The molecule has 4 fully saturated rings. The van der Waals surface area contributed by atoms with Gasteiger partial charge in [0.05, 0.1) is 17.5 Å². The van der Waals surface area contributed by atoms with Gasteiger partial charge in [-0.15, -0.1) is 0 Å². The van der Waals surface area contributed by atoms with Gasteiger partial charge in [-0.1, -0.05) is 13.8 Å². The first-order chi connectivity index (χ1) is 17.0. The first kappa shape index (κ1) is 25.7. The van der Waals surface area contributed by atoms with Gasteiger partial charge < -0.3 is 30.0 Å². The van der Waals surface area contributed by atoms with Crippen LogP contribution in [0.2, 0.25) is 0 Å². The highest BCUT2D eigenvalue weighted by atomic mass is 16.6.